The Kier molecular flexibility index (Phi) is 4.84. The number of carbonyl (C=O) groups excluding carboxylic acids is 2. The topological polar surface area (TPSA) is 81.3 Å². The number of likely N-dealkylation sites (tertiary alicyclic amines) is 1. The van der Waals surface area contributed by atoms with Crippen molar-refractivity contribution in [2.75, 3.05) is 25.1 Å². The lowest BCUT2D eigenvalue weighted by Crippen LogP contribution is -2.43. The van der Waals surface area contributed by atoms with Crippen LogP contribution in [0.2, 0.25) is 0 Å². The number of hydrogen-bond donors (Lipinski definition) is 2. The molecule has 1 aromatic heterocycles. The maximum absolute atomic E-state index is 13.2. The highest BCUT2D eigenvalue weighted by molar-refractivity contribution is 6.05. The van der Waals surface area contributed by atoms with Gasteiger partial charge in [-0.05, 0) is 49.6 Å². The molecule has 1 atom stereocenters. The average Bonchev–Trinajstić information content (AvgIpc) is 3.47. The van der Waals surface area contributed by atoms with E-state index in [4.69, 9.17) is 0 Å². The minimum absolute atomic E-state index is 0.0258. The summed E-state index contributed by atoms with van der Waals surface area (Å²) in [6.45, 7) is 2.35. The monoisotopic (exact) mass is 421 g/mol. The van der Waals surface area contributed by atoms with Gasteiger partial charge in [-0.25, -0.2) is 4.39 Å². The van der Waals surface area contributed by atoms with Crippen LogP contribution in [0, 0.1) is 6.92 Å². The van der Waals surface area contributed by atoms with Crippen LogP contribution in [0.15, 0.2) is 36.4 Å². The predicted octanol–water partition coefficient (Wildman–Crippen LogP) is 3.53. The van der Waals surface area contributed by atoms with Crippen LogP contribution in [0.5, 0.6) is 0 Å². The quantitative estimate of drug-likeness (QED) is 0.660. The zero-order valence-electron chi connectivity index (χ0n) is 17.3. The number of anilines is 2. The summed E-state index contributed by atoms with van der Waals surface area (Å²) in [5.41, 5.74) is 4.84. The Labute approximate surface area is 179 Å². The number of benzene rings is 2. The number of halogens is 1. The van der Waals surface area contributed by atoms with E-state index in [1.54, 1.807) is 9.80 Å². The standard InChI is InChI=1S/C23H24FN5O2/c1-14-18-8-7-16(10-20(18)27-26-14)25-19-6-2-4-15-12-28(23(31)22(15)19)13-21(30)29-9-3-5-17(29)11-24/h2,4,6-8,10,17,25H,3,5,9,11-13H2,1H3,(H,26,27)/t17-/m0/s1. The second-order valence-electron chi connectivity index (χ2n) is 8.24. The van der Waals surface area contributed by atoms with E-state index in [1.807, 2.05) is 43.3 Å². The number of nitrogens with zero attached hydrogens (tertiary/aromatic N) is 3. The van der Waals surface area contributed by atoms with Crippen molar-refractivity contribution >= 4 is 34.1 Å². The van der Waals surface area contributed by atoms with Gasteiger partial charge in [0.25, 0.3) is 5.91 Å². The van der Waals surface area contributed by atoms with Crippen LogP contribution in [0.4, 0.5) is 15.8 Å². The Morgan fingerprint density at radius 2 is 2.19 bits per heavy atom. The molecule has 1 fully saturated rings. The fraction of sp³-hybridized carbons (Fsp3) is 0.348. The number of alkyl halides is 1. The Balaban J connectivity index is 1.35. The zero-order chi connectivity index (χ0) is 21.5. The molecule has 0 spiro atoms. The van der Waals surface area contributed by atoms with Gasteiger partial charge in [0.1, 0.15) is 13.2 Å². The smallest absolute Gasteiger partial charge is 0.257 e. The molecule has 5 rings (SSSR count). The number of aryl methyl sites for hydroxylation is 1. The van der Waals surface area contributed by atoms with Gasteiger partial charge in [-0.2, -0.15) is 5.10 Å². The number of hydrogen-bond acceptors (Lipinski definition) is 4. The fourth-order valence-electron chi connectivity index (χ4n) is 4.61. The minimum atomic E-state index is -0.534. The minimum Gasteiger partial charge on any atom is -0.355 e. The maximum atomic E-state index is 13.2. The molecule has 0 unspecified atom stereocenters. The fourth-order valence-corrected chi connectivity index (χ4v) is 4.61. The largest absolute Gasteiger partial charge is 0.355 e. The van der Waals surface area contributed by atoms with E-state index in [2.05, 4.69) is 15.5 Å². The molecule has 2 amide bonds. The summed E-state index contributed by atoms with van der Waals surface area (Å²) < 4.78 is 13.2. The molecule has 2 aliphatic rings. The van der Waals surface area contributed by atoms with Crippen LogP contribution in [-0.2, 0) is 11.3 Å². The molecule has 160 valence electrons. The van der Waals surface area contributed by atoms with E-state index < -0.39 is 6.67 Å². The van der Waals surface area contributed by atoms with Gasteiger partial charge < -0.3 is 15.1 Å². The highest BCUT2D eigenvalue weighted by atomic mass is 19.1. The second-order valence-corrected chi connectivity index (χ2v) is 8.24. The Bertz CT molecular complexity index is 1170. The molecule has 0 saturated carbocycles. The third-order valence-corrected chi connectivity index (χ3v) is 6.24. The highest BCUT2D eigenvalue weighted by Crippen LogP contribution is 2.32. The SMILES string of the molecule is Cc1[nH]nc2cc(Nc3cccc4c3C(=O)N(CC(=O)N3CCC[C@H]3CF)C4)ccc12. The summed E-state index contributed by atoms with van der Waals surface area (Å²) >= 11 is 0. The van der Waals surface area contributed by atoms with Gasteiger partial charge >= 0.3 is 0 Å². The van der Waals surface area contributed by atoms with E-state index in [0.717, 1.165) is 34.3 Å². The van der Waals surface area contributed by atoms with Crippen LogP contribution in [-0.4, -0.2) is 57.6 Å². The number of amides is 2. The molecular weight excluding hydrogens is 397 g/mol. The summed E-state index contributed by atoms with van der Waals surface area (Å²) in [6, 6.07) is 11.2. The lowest BCUT2D eigenvalue weighted by Gasteiger charge is -2.25. The lowest BCUT2D eigenvalue weighted by atomic mass is 10.1. The van der Waals surface area contributed by atoms with Crippen LogP contribution in [0.3, 0.4) is 0 Å². The van der Waals surface area contributed by atoms with Gasteiger partial charge in [0.2, 0.25) is 5.91 Å². The van der Waals surface area contributed by atoms with Crippen molar-refractivity contribution in [3.63, 3.8) is 0 Å². The molecule has 2 aliphatic heterocycles. The first kappa shape index (κ1) is 19.5. The molecule has 7 nitrogen and oxygen atoms in total. The van der Waals surface area contributed by atoms with Crippen molar-refractivity contribution in [2.45, 2.75) is 32.4 Å². The van der Waals surface area contributed by atoms with Crippen molar-refractivity contribution < 1.29 is 14.0 Å². The summed E-state index contributed by atoms with van der Waals surface area (Å²) in [4.78, 5) is 29.0. The molecule has 2 aromatic carbocycles. The Morgan fingerprint density at radius 3 is 3.03 bits per heavy atom. The van der Waals surface area contributed by atoms with Crippen molar-refractivity contribution in [3.05, 3.63) is 53.2 Å². The van der Waals surface area contributed by atoms with Gasteiger partial charge in [0, 0.05) is 29.9 Å². The van der Waals surface area contributed by atoms with Crippen LogP contribution >= 0.6 is 0 Å². The first-order chi connectivity index (χ1) is 15.0. The molecule has 8 heteroatoms. The van der Waals surface area contributed by atoms with Crippen LogP contribution < -0.4 is 5.32 Å². The van der Waals surface area contributed by atoms with E-state index in [-0.39, 0.29) is 24.4 Å². The number of fused-ring (bicyclic) bond motifs is 2. The summed E-state index contributed by atoms with van der Waals surface area (Å²) in [6.07, 6.45) is 1.49. The van der Waals surface area contributed by atoms with Crippen molar-refractivity contribution in [2.24, 2.45) is 0 Å². The van der Waals surface area contributed by atoms with Crippen LogP contribution in [0.25, 0.3) is 10.9 Å². The average molecular weight is 421 g/mol. The molecule has 2 N–H and O–H groups in total. The Morgan fingerprint density at radius 1 is 1.32 bits per heavy atom. The van der Waals surface area contributed by atoms with Gasteiger partial charge in [0.05, 0.1) is 22.8 Å². The normalized spacial score (nSPS) is 18.1. The second kappa shape index (κ2) is 7.68. The molecule has 31 heavy (non-hydrogen) atoms. The number of aromatic nitrogens is 2. The third kappa shape index (κ3) is 3.41. The van der Waals surface area contributed by atoms with Crippen LogP contribution in [0.1, 0.15) is 34.5 Å². The molecule has 3 heterocycles. The summed E-state index contributed by atoms with van der Waals surface area (Å²) in [5, 5.41) is 11.7. The highest BCUT2D eigenvalue weighted by Gasteiger charge is 2.35. The maximum Gasteiger partial charge on any atom is 0.257 e. The van der Waals surface area contributed by atoms with Crippen molar-refractivity contribution in [3.8, 4) is 0 Å². The first-order valence-electron chi connectivity index (χ1n) is 10.5. The van der Waals surface area contributed by atoms with Gasteiger partial charge in [0.15, 0.2) is 0 Å². The Hall–Kier alpha value is -3.42. The summed E-state index contributed by atoms with van der Waals surface area (Å²) in [5.74, 6) is -0.366. The van der Waals surface area contributed by atoms with E-state index in [0.29, 0.717) is 30.8 Å². The lowest BCUT2D eigenvalue weighted by molar-refractivity contribution is -0.133. The van der Waals surface area contributed by atoms with Gasteiger partial charge in [-0.1, -0.05) is 12.1 Å². The predicted molar refractivity (Wildman–Crippen MR) is 116 cm³/mol. The molecule has 0 radical (unpaired) electrons. The van der Waals surface area contributed by atoms with E-state index in [1.165, 1.54) is 0 Å². The van der Waals surface area contributed by atoms with Gasteiger partial charge in [-0.3, -0.25) is 14.7 Å². The van der Waals surface area contributed by atoms with Gasteiger partial charge in [-0.15, -0.1) is 0 Å². The molecule has 0 bridgehead atoms. The molecule has 3 aromatic rings. The number of rotatable bonds is 5. The molecular formula is C23H24FN5O2. The number of H-pyrrole nitrogens is 1. The number of aromatic amines is 1. The van der Waals surface area contributed by atoms with E-state index >= 15 is 0 Å². The molecule has 0 aliphatic carbocycles. The number of nitrogens with one attached hydrogen (secondary N) is 2. The zero-order valence-corrected chi connectivity index (χ0v) is 17.3. The first-order valence-corrected chi connectivity index (χ1v) is 10.5. The molecule has 1 saturated heterocycles. The van der Waals surface area contributed by atoms with Crippen molar-refractivity contribution in [1.82, 2.24) is 20.0 Å². The van der Waals surface area contributed by atoms with E-state index in [9.17, 15) is 14.0 Å². The number of carbonyl (C=O) groups is 2. The summed E-state index contributed by atoms with van der Waals surface area (Å²) in [7, 11) is 0. The third-order valence-electron chi connectivity index (χ3n) is 6.24. The van der Waals surface area contributed by atoms with Crippen molar-refractivity contribution in [1.29, 1.82) is 0 Å².